The molecule has 0 aliphatic carbocycles. The Kier molecular flexibility index (Phi) is 10.2. The van der Waals surface area contributed by atoms with E-state index in [0.717, 1.165) is 13.0 Å². The van der Waals surface area contributed by atoms with Crippen molar-refractivity contribution in [3.63, 3.8) is 0 Å². The summed E-state index contributed by atoms with van der Waals surface area (Å²) in [4.78, 5) is 11.6. The Hall–Kier alpha value is -0.610. The van der Waals surface area contributed by atoms with Gasteiger partial charge in [-0.2, -0.15) is 0 Å². The van der Waals surface area contributed by atoms with Gasteiger partial charge in [-0.15, -0.1) is 0 Å². The maximum atomic E-state index is 11.6. The number of carbonyl (C=O) groups is 1. The van der Waals surface area contributed by atoms with Gasteiger partial charge in [0.05, 0.1) is 12.5 Å². The molecule has 2 unspecified atom stereocenters. The van der Waals surface area contributed by atoms with Crippen LogP contribution >= 0.6 is 0 Å². The SMILES string of the molecule is CCCCC(CC)CNC(=O)CC(CN)OC. The Labute approximate surface area is 105 Å². The first-order valence-electron chi connectivity index (χ1n) is 6.67. The highest BCUT2D eigenvalue weighted by molar-refractivity contribution is 5.76. The molecule has 0 saturated heterocycles. The molecule has 0 aliphatic heterocycles. The zero-order valence-electron chi connectivity index (χ0n) is 11.5. The fourth-order valence-corrected chi connectivity index (χ4v) is 1.74. The number of nitrogens with one attached hydrogen (secondary N) is 1. The molecule has 0 bridgehead atoms. The van der Waals surface area contributed by atoms with E-state index in [1.54, 1.807) is 7.11 Å². The van der Waals surface area contributed by atoms with Gasteiger partial charge in [0.2, 0.25) is 5.91 Å². The summed E-state index contributed by atoms with van der Waals surface area (Å²) in [5, 5.41) is 2.97. The van der Waals surface area contributed by atoms with E-state index in [4.69, 9.17) is 10.5 Å². The molecule has 0 fully saturated rings. The summed E-state index contributed by atoms with van der Waals surface area (Å²) in [6.45, 7) is 5.52. The predicted octanol–water partition coefficient (Wildman–Crippen LogP) is 1.68. The molecule has 2 atom stereocenters. The summed E-state index contributed by atoms with van der Waals surface area (Å²) in [6, 6.07) is 0. The molecule has 0 heterocycles. The number of unbranched alkanes of at least 4 members (excludes halogenated alkanes) is 1. The summed E-state index contributed by atoms with van der Waals surface area (Å²) in [6.07, 6.45) is 4.95. The van der Waals surface area contributed by atoms with E-state index in [9.17, 15) is 4.79 Å². The molecule has 4 heteroatoms. The van der Waals surface area contributed by atoms with Crippen LogP contribution in [0.15, 0.2) is 0 Å². The van der Waals surface area contributed by atoms with E-state index in [-0.39, 0.29) is 12.0 Å². The van der Waals surface area contributed by atoms with Crippen molar-refractivity contribution in [3.8, 4) is 0 Å². The highest BCUT2D eigenvalue weighted by Crippen LogP contribution is 2.11. The van der Waals surface area contributed by atoms with Gasteiger partial charge in [-0.3, -0.25) is 4.79 Å². The van der Waals surface area contributed by atoms with Crippen molar-refractivity contribution in [2.24, 2.45) is 11.7 Å². The van der Waals surface area contributed by atoms with Gasteiger partial charge in [0, 0.05) is 20.2 Å². The van der Waals surface area contributed by atoms with Crippen molar-refractivity contribution in [1.82, 2.24) is 5.32 Å². The van der Waals surface area contributed by atoms with E-state index >= 15 is 0 Å². The normalized spacial score (nSPS) is 14.4. The molecule has 4 nitrogen and oxygen atoms in total. The number of methoxy groups -OCH3 is 1. The second-order valence-electron chi connectivity index (χ2n) is 4.52. The molecule has 1 amide bonds. The van der Waals surface area contributed by atoms with E-state index < -0.39 is 0 Å². The third-order valence-corrected chi connectivity index (χ3v) is 3.14. The van der Waals surface area contributed by atoms with Crippen LogP contribution in [0.3, 0.4) is 0 Å². The lowest BCUT2D eigenvalue weighted by atomic mass is 9.99. The summed E-state index contributed by atoms with van der Waals surface area (Å²) in [5.74, 6) is 0.634. The van der Waals surface area contributed by atoms with Crippen LogP contribution in [-0.4, -0.2) is 32.2 Å². The number of rotatable bonds is 10. The Bertz CT molecular complexity index is 194. The Morgan fingerprint density at radius 3 is 2.59 bits per heavy atom. The molecular weight excluding hydrogens is 216 g/mol. The van der Waals surface area contributed by atoms with Crippen molar-refractivity contribution in [3.05, 3.63) is 0 Å². The third kappa shape index (κ3) is 8.16. The summed E-state index contributed by atoms with van der Waals surface area (Å²) >= 11 is 0. The second kappa shape index (κ2) is 10.5. The smallest absolute Gasteiger partial charge is 0.222 e. The van der Waals surface area contributed by atoms with Crippen LogP contribution in [-0.2, 0) is 9.53 Å². The maximum Gasteiger partial charge on any atom is 0.222 e. The topological polar surface area (TPSA) is 64.4 Å². The van der Waals surface area contributed by atoms with Gasteiger partial charge in [-0.1, -0.05) is 33.1 Å². The molecule has 0 aromatic carbocycles. The molecule has 102 valence electrons. The minimum Gasteiger partial charge on any atom is -0.380 e. The van der Waals surface area contributed by atoms with Gasteiger partial charge in [0.15, 0.2) is 0 Å². The Morgan fingerprint density at radius 2 is 2.12 bits per heavy atom. The summed E-state index contributed by atoms with van der Waals surface area (Å²) in [5.41, 5.74) is 5.47. The van der Waals surface area contributed by atoms with Crippen molar-refractivity contribution in [2.75, 3.05) is 20.2 Å². The van der Waals surface area contributed by atoms with E-state index in [2.05, 4.69) is 19.2 Å². The molecular formula is C13H28N2O2. The highest BCUT2D eigenvalue weighted by Gasteiger charge is 2.12. The quantitative estimate of drug-likeness (QED) is 0.614. The van der Waals surface area contributed by atoms with Gasteiger partial charge in [-0.25, -0.2) is 0 Å². The van der Waals surface area contributed by atoms with Crippen molar-refractivity contribution < 1.29 is 9.53 Å². The lowest BCUT2D eigenvalue weighted by molar-refractivity contribution is -0.123. The fraction of sp³-hybridized carbons (Fsp3) is 0.923. The second-order valence-corrected chi connectivity index (χ2v) is 4.52. The first-order chi connectivity index (χ1) is 8.17. The average Bonchev–Trinajstić information content (AvgIpc) is 2.36. The average molecular weight is 244 g/mol. The summed E-state index contributed by atoms with van der Waals surface area (Å²) in [7, 11) is 1.58. The van der Waals surface area contributed by atoms with Gasteiger partial charge < -0.3 is 15.8 Å². The Morgan fingerprint density at radius 1 is 1.41 bits per heavy atom. The van der Waals surface area contributed by atoms with Gasteiger partial charge >= 0.3 is 0 Å². The van der Waals surface area contributed by atoms with Crippen LogP contribution in [0.25, 0.3) is 0 Å². The monoisotopic (exact) mass is 244 g/mol. The molecule has 17 heavy (non-hydrogen) atoms. The molecule has 0 radical (unpaired) electrons. The van der Waals surface area contributed by atoms with Crippen LogP contribution in [0.4, 0.5) is 0 Å². The van der Waals surface area contributed by atoms with Crippen LogP contribution in [0, 0.1) is 5.92 Å². The van der Waals surface area contributed by atoms with Gasteiger partial charge in [0.1, 0.15) is 0 Å². The molecule has 3 N–H and O–H groups in total. The zero-order chi connectivity index (χ0) is 13.1. The lowest BCUT2D eigenvalue weighted by Crippen LogP contribution is -2.34. The van der Waals surface area contributed by atoms with Crippen molar-refractivity contribution in [2.45, 2.75) is 52.1 Å². The maximum absolute atomic E-state index is 11.6. The molecule has 0 aliphatic rings. The first-order valence-corrected chi connectivity index (χ1v) is 6.67. The van der Waals surface area contributed by atoms with Crippen molar-refractivity contribution >= 4 is 5.91 Å². The van der Waals surface area contributed by atoms with Crippen LogP contribution in [0.5, 0.6) is 0 Å². The van der Waals surface area contributed by atoms with Gasteiger partial charge in [-0.05, 0) is 12.3 Å². The van der Waals surface area contributed by atoms with Crippen LogP contribution in [0.2, 0.25) is 0 Å². The van der Waals surface area contributed by atoms with Crippen LogP contribution in [0.1, 0.15) is 46.0 Å². The molecule has 0 aromatic rings. The Balaban J connectivity index is 3.79. The van der Waals surface area contributed by atoms with E-state index in [1.165, 1.54) is 19.3 Å². The van der Waals surface area contributed by atoms with E-state index in [0.29, 0.717) is 18.9 Å². The minimum atomic E-state index is -0.161. The molecule has 0 spiro atoms. The number of hydrogen-bond donors (Lipinski definition) is 2. The zero-order valence-corrected chi connectivity index (χ0v) is 11.5. The number of carbonyl (C=O) groups excluding carboxylic acids is 1. The van der Waals surface area contributed by atoms with Crippen molar-refractivity contribution in [1.29, 1.82) is 0 Å². The molecule has 0 rings (SSSR count). The minimum absolute atomic E-state index is 0.0391. The largest absolute Gasteiger partial charge is 0.380 e. The molecule has 0 aromatic heterocycles. The predicted molar refractivity (Wildman–Crippen MR) is 70.8 cm³/mol. The number of hydrogen-bond acceptors (Lipinski definition) is 3. The lowest BCUT2D eigenvalue weighted by Gasteiger charge is -2.17. The first kappa shape index (κ1) is 16.4. The number of nitrogens with two attached hydrogens (primary N) is 1. The highest BCUT2D eigenvalue weighted by atomic mass is 16.5. The van der Waals surface area contributed by atoms with E-state index in [1.807, 2.05) is 0 Å². The van der Waals surface area contributed by atoms with Gasteiger partial charge in [0.25, 0.3) is 0 Å². The third-order valence-electron chi connectivity index (χ3n) is 3.14. The molecule has 0 saturated carbocycles. The number of amides is 1. The van der Waals surface area contributed by atoms with Crippen LogP contribution < -0.4 is 11.1 Å². The fourth-order valence-electron chi connectivity index (χ4n) is 1.74. The standard InChI is InChI=1S/C13H28N2O2/c1-4-6-7-11(5-2)10-15-13(16)8-12(9-14)17-3/h11-12H,4-10,14H2,1-3H3,(H,15,16). The summed E-state index contributed by atoms with van der Waals surface area (Å²) < 4.78 is 5.08. The number of ether oxygens (including phenoxy) is 1.